The Morgan fingerprint density at radius 3 is 2.58 bits per heavy atom. The molecule has 1 atom stereocenters. The fraction of sp³-hybridized carbons (Fsp3) is 0.462. The second kappa shape index (κ2) is 10.8. The van der Waals surface area contributed by atoms with Crippen molar-refractivity contribution in [3.63, 3.8) is 0 Å². The highest BCUT2D eigenvalue weighted by Gasteiger charge is 2.28. The molecule has 7 heteroatoms. The molecule has 3 aromatic rings. The summed E-state index contributed by atoms with van der Waals surface area (Å²) in [6.07, 6.45) is 7.38. The molecule has 1 unspecified atom stereocenters. The molecule has 2 aromatic heterocycles. The molecule has 1 N–H and O–H groups in total. The summed E-state index contributed by atoms with van der Waals surface area (Å²) >= 11 is 0. The molecule has 0 fully saturated rings. The Kier molecular flexibility index (Phi) is 7.62. The van der Waals surface area contributed by atoms with Gasteiger partial charge in [0.2, 0.25) is 0 Å². The first-order chi connectivity index (χ1) is 16.1. The van der Waals surface area contributed by atoms with Crippen LogP contribution >= 0.6 is 0 Å². The Morgan fingerprint density at radius 1 is 1.12 bits per heavy atom. The number of nitrogens with zero attached hydrogens (tertiary/aromatic N) is 5. The molecule has 1 aliphatic rings. The minimum Gasteiger partial charge on any atom is -0.318 e. The van der Waals surface area contributed by atoms with Gasteiger partial charge in [-0.15, -0.1) is 0 Å². The fourth-order valence-electron chi connectivity index (χ4n) is 4.66. The lowest BCUT2D eigenvalue weighted by molar-refractivity contribution is 0.171. The average molecular weight is 447 g/mol. The van der Waals surface area contributed by atoms with Crippen LogP contribution in [0.4, 0.5) is 0 Å². The van der Waals surface area contributed by atoms with Gasteiger partial charge in [-0.25, -0.2) is 15.0 Å². The van der Waals surface area contributed by atoms with Crippen molar-refractivity contribution in [2.75, 3.05) is 20.1 Å². The van der Waals surface area contributed by atoms with E-state index in [1.165, 1.54) is 0 Å². The van der Waals surface area contributed by atoms with Gasteiger partial charge in [-0.05, 0) is 45.2 Å². The number of aromatic nitrogens is 4. The van der Waals surface area contributed by atoms with E-state index < -0.39 is 0 Å². The number of fused-ring (bicyclic) bond motifs is 1. The Labute approximate surface area is 195 Å². The molecular formula is C26H34N6O. The van der Waals surface area contributed by atoms with Gasteiger partial charge in [0, 0.05) is 43.2 Å². The molecule has 2 heterocycles. The molecule has 1 aromatic carbocycles. The van der Waals surface area contributed by atoms with Gasteiger partial charge in [-0.3, -0.25) is 14.3 Å². The lowest BCUT2D eigenvalue weighted by Crippen LogP contribution is -2.39. The summed E-state index contributed by atoms with van der Waals surface area (Å²) in [6, 6.07) is 10.2. The van der Waals surface area contributed by atoms with Crippen LogP contribution in [0.5, 0.6) is 0 Å². The first-order valence-electron chi connectivity index (χ1n) is 11.9. The summed E-state index contributed by atoms with van der Waals surface area (Å²) in [5.74, 6) is 1.64. The second-order valence-electron chi connectivity index (χ2n) is 8.76. The monoisotopic (exact) mass is 446 g/mol. The van der Waals surface area contributed by atoms with Crippen LogP contribution in [0.3, 0.4) is 0 Å². The summed E-state index contributed by atoms with van der Waals surface area (Å²) in [6.45, 7) is 7.00. The molecule has 0 radical (unpaired) electrons. The van der Waals surface area contributed by atoms with E-state index in [1.54, 1.807) is 0 Å². The molecule has 33 heavy (non-hydrogen) atoms. The third-order valence-corrected chi connectivity index (χ3v) is 6.40. The summed E-state index contributed by atoms with van der Waals surface area (Å²) in [7, 11) is 1.97. The van der Waals surface area contributed by atoms with E-state index in [0.29, 0.717) is 13.1 Å². The third-order valence-electron chi connectivity index (χ3n) is 6.40. The molecule has 1 aliphatic carbocycles. The summed E-state index contributed by atoms with van der Waals surface area (Å²) in [4.78, 5) is 29.9. The van der Waals surface area contributed by atoms with E-state index in [-0.39, 0.29) is 11.6 Å². The number of nitrogens with one attached hydrogen (secondary N) is 1. The van der Waals surface area contributed by atoms with Crippen LogP contribution < -0.4 is 10.9 Å². The SMILES string of the molecule is CCC(c1nc2c(c(=O)n1Cc1ccccc1)CCC2)N(CCNC)Cc1cnc(C)nc1. The lowest BCUT2D eigenvalue weighted by Gasteiger charge is -2.32. The molecule has 0 amide bonds. The van der Waals surface area contributed by atoms with Gasteiger partial charge >= 0.3 is 0 Å². The highest BCUT2D eigenvalue weighted by molar-refractivity contribution is 5.26. The molecule has 7 nitrogen and oxygen atoms in total. The van der Waals surface area contributed by atoms with Crippen molar-refractivity contribution in [3.8, 4) is 0 Å². The van der Waals surface area contributed by atoms with Crippen LogP contribution in [0.25, 0.3) is 0 Å². The summed E-state index contributed by atoms with van der Waals surface area (Å²) < 4.78 is 1.92. The number of likely N-dealkylation sites (N-methyl/N-ethyl adjacent to an activating group) is 1. The number of hydrogen-bond donors (Lipinski definition) is 1. The Bertz CT molecular complexity index is 1110. The fourth-order valence-corrected chi connectivity index (χ4v) is 4.66. The number of aryl methyl sites for hydroxylation is 2. The zero-order chi connectivity index (χ0) is 23.2. The standard InChI is InChI=1S/C26H34N6O/c1-4-24(31(14-13-27-3)17-21-15-28-19(2)29-16-21)25-30-23-12-8-11-22(23)26(33)32(25)18-20-9-6-5-7-10-20/h5-7,9-10,15-16,24,27H,4,8,11-14,17-18H2,1-3H3. The highest BCUT2D eigenvalue weighted by Crippen LogP contribution is 2.27. The number of rotatable bonds is 10. The zero-order valence-corrected chi connectivity index (χ0v) is 19.9. The predicted octanol–water partition coefficient (Wildman–Crippen LogP) is 3.05. The quantitative estimate of drug-likeness (QED) is 0.516. The molecule has 0 saturated carbocycles. The van der Waals surface area contributed by atoms with E-state index in [0.717, 1.165) is 72.8 Å². The van der Waals surface area contributed by atoms with Gasteiger partial charge < -0.3 is 5.32 Å². The van der Waals surface area contributed by atoms with E-state index in [9.17, 15) is 4.79 Å². The predicted molar refractivity (Wildman–Crippen MR) is 130 cm³/mol. The third kappa shape index (κ3) is 5.37. The van der Waals surface area contributed by atoms with Crippen molar-refractivity contribution in [1.82, 2.24) is 29.7 Å². The topological polar surface area (TPSA) is 75.9 Å². The molecular weight excluding hydrogens is 412 g/mol. The van der Waals surface area contributed by atoms with Crippen molar-refractivity contribution >= 4 is 0 Å². The van der Waals surface area contributed by atoms with Crippen molar-refractivity contribution in [2.24, 2.45) is 0 Å². The lowest BCUT2D eigenvalue weighted by atomic mass is 10.1. The molecule has 174 valence electrons. The van der Waals surface area contributed by atoms with Gasteiger partial charge in [0.15, 0.2) is 0 Å². The maximum absolute atomic E-state index is 13.6. The Hall–Kier alpha value is -2.90. The molecule has 0 spiro atoms. The number of hydrogen-bond acceptors (Lipinski definition) is 6. The largest absolute Gasteiger partial charge is 0.318 e. The second-order valence-corrected chi connectivity index (χ2v) is 8.76. The van der Waals surface area contributed by atoms with Crippen LogP contribution in [0.2, 0.25) is 0 Å². The van der Waals surface area contributed by atoms with Crippen molar-refractivity contribution in [3.05, 3.63) is 87.1 Å². The van der Waals surface area contributed by atoms with Crippen molar-refractivity contribution < 1.29 is 0 Å². The Balaban J connectivity index is 1.76. The van der Waals surface area contributed by atoms with Gasteiger partial charge in [0.25, 0.3) is 5.56 Å². The maximum atomic E-state index is 13.6. The van der Waals surface area contributed by atoms with E-state index >= 15 is 0 Å². The van der Waals surface area contributed by atoms with Crippen LogP contribution in [0, 0.1) is 6.92 Å². The van der Waals surface area contributed by atoms with Crippen molar-refractivity contribution in [2.45, 2.75) is 58.7 Å². The zero-order valence-electron chi connectivity index (χ0n) is 19.9. The van der Waals surface area contributed by atoms with Crippen LogP contribution in [0.1, 0.15) is 59.8 Å². The van der Waals surface area contributed by atoms with Crippen LogP contribution in [-0.4, -0.2) is 44.6 Å². The van der Waals surface area contributed by atoms with Gasteiger partial charge in [-0.1, -0.05) is 37.3 Å². The Morgan fingerprint density at radius 2 is 1.88 bits per heavy atom. The molecule has 0 bridgehead atoms. The van der Waals surface area contributed by atoms with Gasteiger partial charge in [0.1, 0.15) is 11.6 Å². The minimum absolute atomic E-state index is 0.0157. The van der Waals surface area contributed by atoms with E-state index in [2.05, 4.69) is 39.2 Å². The van der Waals surface area contributed by atoms with Crippen molar-refractivity contribution in [1.29, 1.82) is 0 Å². The smallest absolute Gasteiger partial charge is 0.257 e. The van der Waals surface area contributed by atoms with E-state index in [4.69, 9.17) is 4.98 Å². The molecule has 0 aliphatic heterocycles. The summed E-state index contributed by atoms with van der Waals surface area (Å²) in [5, 5.41) is 3.27. The average Bonchev–Trinajstić information content (AvgIpc) is 3.31. The van der Waals surface area contributed by atoms with Crippen LogP contribution in [0.15, 0.2) is 47.5 Å². The minimum atomic E-state index is 0.0157. The van der Waals surface area contributed by atoms with E-state index in [1.807, 2.05) is 49.1 Å². The molecule has 0 saturated heterocycles. The normalized spacial score (nSPS) is 13.9. The first kappa shape index (κ1) is 23.3. The van der Waals surface area contributed by atoms with Gasteiger partial charge in [-0.2, -0.15) is 0 Å². The van der Waals surface area contributed by atoms with Gasteiger partial charge in [0.05, 0.1) is 18.3 Å². The number of benzene rings is 1. The summed E-state index contributed by atoms with van der Waals surface area (Å²) in [5.41, 5.74) is 4.20. The first-order valence-corrected chi connectivity index (χ1v) is 11.9. The highest BCUT2D eigenvalue weighted by atomic mass is 16.1. The maximum Gasteiger partial charge on any atom is 0.257 e. The van der Waals surface area contributed by atoms with Crippen LogP contribution in [-0.2, 0) is 25.9 Å². The molecule has 4 rings (SSSR count).